The molecule has 1 aromatic carbocycles. The average Bonchev–Trinajstić information content (AvgIpc) is 2.49. The third-order valence-corrected chi connectivity index (χ3v) is 2.83. The first kappa shape index (κ1) is 17.4. The molecule has 2 rings (SSSR count). The normalized spacial score (nSPS) is 10.2. The number of benzene rings is 1. The molecule has 0 aliphatic rings. The minimum atomic E-state index is -0.535. The Morgan fingerprint density at radius 1 is 1.32 bits per heavy atom. The van der Waals surface area contributed by atoms with E-state index in [9.17, 15) is 14.9 Å². The lowest BCUT2D eigenvalue weighted by Gasteiger charge is -1.99. The van der Waals surface area contributed by atoms with Crippen molar-refractivity contribution in [2.75, 3.05) is 0 Å². The molecule has 0 fully saturated rings. The third kappa shape index (κ3) is 4.45. The predicted molar refractivity (Wildman–Crippen MR) is 73.4 cm³/mol. The molecule has 0 aliphatic carbocycles. The van der Waals surface area contributed by atoms with Crippen molar-refractivity contribution in [2.24, 2.45) is 5.16 Å². The first-order valence-corrected chi connectivity index (χ1v) is 6.04. The van der Waals surface area contributed by atoms with Crippen molar-refractivity contribution in [3.05, 3.63) is 70.0 Å². The molecule has 0 unspecified atom stereocenters. The minimum absolute atomic E-state index is 0. The molecule has 0 amide bonds. The van der Waals surface area contributed by atoms with E-state index in [4.69, 9.17) is 5.21 Å². The Balaban J connectivity index is 0.00000242. The number of oxime groups is 1. The van der Waals surface area contributed by atoms with Gasteiger partial charge in [-0.2, -0.15) is 4.57 Å². The summed E-state index contributed by atoms with van der Waals surface area (Å²) in [6.45, 7) is 0.0672. The molecule has 0 saturated heterocycles. The zero-order chi connectivity index (χ0) is 15.2. The topological polar surface area (TPSA) is 96.7 Å². The van der Waals surface area contributed by atoms with Crippen molar-refractivity contribution in [1.82, 2.24) is 0 Å². The van der Waals surface area contributed by atoms with Gasteiger partial charge in [0.25, 0.3) is 5.69 Å². The van der Waals surface area contributed by atoms with Gasteiger partial charge in [0.05, 0.1) is 11.1 Å². The molecule has 8 heteroatoms. The van der Waals surface area contributed by atoms with Crippen LogP contribution in [0.15, 0.2) is 53.9 Å². The van der Waals surface area contributed by atoms with Crippen LogP contribution >= 0.6 is 0 Å². The number of pyridine rings is 1. The summed E-state index contributed by atoms with van der Waals surface area (Å²) in [4.78, 5) is 22.2. The lowest BCUT2D eigenvalue weighted by Crippen LogP contribution is -3.00. The highest BCUT2D eigenvalue weighted by molar-refractivity contribution is 5.95. The van der Waals surface area contributed by atoms with E-state index in [1.807, 2.05) is 0 Å². The number of nitro groups is 1. The van der Waals surface area contributed by atoms with Crippen molar-refractivity contribution >= 4 is 17.7 Å². The number of halogens is 1. The number of hydrogen-bond acceptors (Lipinski definition) is 5. The number of non-ortho nitro benzene ring substituents is 1. The van der Waals surface area contributed by atoms with E-state index in [-0.39, 0.29) is 40.6 Å². The predicted octanol–water partition coefficient (Wildman–Crippen LogP) is -1.42. The highest BCUT2D eigenvalue weighted by Gasteiger charge is 2.15. The van der Waals surface area contributed by atoms with Crippen LogP contribution in [0.2, 0.25) is 0 Å². The molecule has 1 aromatic heterocycles. The van der Waals surface area contributed by atoms with Crippen LogP contribution in [0, 0.1) is 10.1 Å². The van der Waals surface area contributed by atoms with Gasteiger partial charge >= 0.3 is 0 Å². The Hall–Kier alpha value is -2.61. The number of ketones is 1. The maximum Gasteiger partial charge on any atom is 0.270 e. The van der Waals surface area contributed by atoms with E-state index in [1.165, 1.54) is 24.4 Å². The summed E-state index contributed by atoms with van der Waals surface area (Å²) in [6.07, 6.45) is 4.59. The Bertz CT molecular complexity index is 701. The summed E-state index contributed by atoms with van der Waals surface area (Å²) in [5, 5.41) is 22.0. The smallest absolute Gasteiger partial charge is 0.270 e. The quantitative estimate of drug-likeness (QED) is 0.175. The van der Waals surface area contributed by atoms with E-state index in [2.05, 4.69) is 5.16 Å². The zero-order valence-electron chi connectivity index (χ0n) is 11.3. The second-order valence-electron chi connectivity index (χ2n) is 4.28. The van der Waals surface area contributed by atoms with Crippen LogP contribution < -0.4 is 21.5 Å². The van der Waals surface area contributed by atoms with Gasteiger partial charge in [-0.1, -0.05) is 17.3 Å². The van der Waals surface area contributed by atoms with Gasteiger partial charge in [-0.3, -0.25) is 14.9 Å². The lowest BCUT2D eigenvalue weighted by molar-refractivity contribution is -0.683. The largest absolute Gasteiger partial charge is 1.00 e. The number of nitrogens with zero attached hydrogens (tertiary/aromatic N) is 3. The van der Waals surface area contributed by atoms with Gasteiger partial charge in [-0.15, -0.1) is 0 Å². The molecule has 0 aliphatic heterocycles. The summed E-state index contributed by atoms with van der Waals surface area (Å²) >= 11 is 0. The monoisotopic (exact) mass is 365 g/mol. The van der Waals surface area contributed by atoms with Crippen LogP contribution in [0.1, 0.15) is 15.9 Å². The van der Waals surface area contributed by atoms with E-state index >= 15 is 0 Å². The molecule has 0 bridgehead atoms. The zero-order valence-corrected chi connectivity index (χ0v) is 12.9. The molecule has 0 spiro atoms. The van der Waals surface area contributed by atoms with Crippen LogP contribution in [0.5, 0.6) is 0 Å². The number of Topliss-reactive ketones (excluding diaryl/α,β-unsaturated/α-hetero) is 1. The number of aromatic nitrogens is 1. The molecule has 0 atom stereocenters. The van der Waals surface area contributed by atoms with E-state index in [1.54, 1.807) is 35.2 Å². The third-order valence-electron chi connectivity index (χ3n) is 2.83. The Morgan fingerprint density at radius 3 is 2.59 bits per heavy atom. The van der Waals surface area contributed by atoms with Crippen LogP contribution in [0.3, 0.4) is 0 Å². The van der Waals surface area contributed by atoms with Crippen LogP contribution in [-0.2, 0) is 6.54 Å². The van der Waals surface area contributed by atoms with Crippen molar-refractivity contribution in [3.63, 3.8) is 0 Å². The van der Waals surface area contributed by atoms with Gasteiger partial charge in [0.1, 0.15) is 0 Å². The number of carbonyl (C=O) groups excluding carboxylic acids is 1. The second kappa shape index (κ2) is 7.99. The summed E-state index contributed by atoms with van der Waals surface area (Å²) in [6, 6.07) is 8.99. The van der Waals surface area contributed by atoms with Gasteiger partial charge < -0.3 is 22.2 Å². The molecule has 22 heavy (non-hydrogen) atoms. The maximum absolute atomic E-state index is 12.1. The number of carbonyl (C=O) groups is 1. The first-order valence-electron chi connectivity index (χ1n) is 6.04. The van der Waals surface area contributed by atoms with Crippen LogP contribution in [0.25, 0.3) is 0 Å². The Morgan fingerprint density at radius 2 is 2.00 bits per heavy atom. The van der Waals surface area contributed by atoms with E-state index in [0.29, 0.717) is 5.56 Å². The van der Waals surface area contributed by atoms with Crippen molar-refractivity contribution < 1.29 is 36.5 Å². The van der Waals surface area contributed by atoms with Gasteiger partial charge in [0.15, 0.2) is 12.4 Å². The number of nitro benzene ring substituents is 1. The summed E-state index contributed by atoms with van der Waals surface area (Å²) in [5.41, 5.74) is 0.870. The SMILES string of the molecule is O=C(C[n+]1ccc(C=NO)cc1)c1cccc([N+](=O)[O-])c1.[Br-]. The lowest BCUT2D eigenvalue weighted by atomic mass is 10.1. The molecule has 2 aromatic rings. The van der Waals surface area contributed by atoms with Gasteiger partial charge in [-0.05, 0) is 0 Å². The summed E-state index contributed by atoms with van der Waals surface area (Å²) in [5.74, 6) is -0.229. The van der Waals surface area contributed by atoms with Gasteiger partial charge in [0, 0.05) is 35.4 Å². The van der Waals surface area contributed by atoms with Crippen LogP contribution in [0.4, 0.5) is 5.69 Å². The first-order chi connectivity index (χ1) is 10.1. The van der Waals surface area contributed by atoms with Gasteiger partial charge in [-0.25, -0.2) is 0 Å². The van der Waals surface area contributed by atoms with Crippen molar-refractivity contribution in [2.45, 2.75) is 6.54 Å². The summed E-state index contributed by atoms with van der Waals surface area (Å²) < 4.78 is 1.63. The molecule has 1 heterocycles. The highest BCUT2D eigenvalue weighted by atomic mass is 79.9. The standard InChI is InChI=1S/C14H11N3O4.BrH/c18-14(12-2-1-3-13(8-12)17(20)21)10-16-6-4-11(5-7-16)9-15-19;/h1-9H,10H2;1H. The Kier molecular flexibility index (Phi) is 6.33. The molecule has 0 saturated carbocycles. The minimum Gasteiger partial charge on any atom is -1.00 e. The number of rotatable bonds is 5. The average molecular weight is 366 g/mol. The fourth-order valence-corrected chi connectivity index (χ4v) is 1.78. The van der Waals surface area contributed by atoms with Gasteiger partial charge in [0.2, 0.25) is 12.3 Å². The van der Waals surface area contributed by atoms with Crippen molar-refractivity contribution in [1.29, 1.82) is 0 Å². The molecular formula is C14H12BrN3O4. The van der Waals surface area contributed by atoms with Crippen LogP contribution in [-0.4, -0.2) is 22.1 Å². The molecule has 1 N–H and O–H groups in total. The van der Waals surface area contributed by atoms with E-state index < -0.39 is 4.92 Å². The molecule has 114 valence electrons. The number of hydrogen-bond donors (Lipinski definition) is 1. The molecule has 7 nitrogen and oxygen atoms in total. The van der Waals surface area contributed by atoms with E-state index in [0.717, 1.165) is 0 Å². The fourth-order valence-electron chi connectivity index (χ4n) is 1.78. The maximum atomic E-state index is 12.1. The second-order valence-corrected chi connectivity index (χ2v) is 4.28. The van der Waals surface area contributed by atoms with Crippen molar-refractivity contribution in [3.8, 4) is 0 Å². The fraction of sp³-hybridized carbons (Fsp3) is 0.0714. The summed E-state index contributed by atoms with van der Waals surface area (Å²) in [7, 11) is 0. The highest BCUT2D eigenvalue weighted by Crippen LogP contribution is 2.13. The molecular weight excluding hydrogens is 354 g/mol. The molecule has 0 radical (unpaired) electrons. The Labute approximate surface area is 136 Å².